The van der Waals surface area contributed by atoms with Crippen molar-refractivity contribution in [1.82, 2.24) is 9.88 Å². The Balaban J connectivity index is 1.52. The molecule has 4 rings (SSSR count). The summed E-state index contributed by atoms with van der Waals surface area (Å²) in [5, 5.41) is 6.64. The number of nitrogens with zero attached hydrogens (tertiary/aromatic N) is 2. The molecule has 2 aromatic rings. The number of pyridine rings is 1. The van der Waals surface area contributed by atoms with Crippen LogP contribution in [0, 0.1) is 5.92 Å². The molecule has 0 bridgehead atoms. The largest absolute Gasteiger partial charge is 0.376 e. The van der Waals surface area contributed by atoms with Crippen LogP contribution in [0.1, 0.15) is 23.2 Å². The quantitative estimate of drug-likeness (QED) is 0.916. The maximum atomic E-state index is 12.9. The predicted octanol–water partition coefficient (Wildman–Crippen LogP) is 2.40. The van der Waals surface area contributed by atoms with Crippen molar-refractivity contribution in [3.05, 3.63) is 46.9 Å². The van der Waals surface area contributed by atoms with Gasteiger partial charge in [0.25, 0.3) is 5.91 Å². The molecule has 2 saturated heterocycles. The Morgan fingerprint density at radius 1 is 1.36 bits per heavy atom. The summed E-state index contributed by atoms with van der Waals surface area (Å²) in [5.74, 6) is -0.396. The number of likely N-dealkylation sites (tertiary alicyclic amines) is 1. The normalized spacial score (nSPS) is 25.4. The van der Waals surface area contributed by atoms with Gasteiger partial charge in [-0.2, -0.15) is 11.3 Å². The molecule has 2 aromatic heterocycles. The van der Waals surface area contributed by atoms with Gasteiger partial charge in [0, 0.05) is 24.7 Å². The fourth-order valence-corrected chi connectivity index (χ4v) is 4.23. The average Bonchev–Trinajstić information content (AvgIpc) is 3.32. The summed E-state index contributed by atoms with van der Waals surface area (Å²) < 4.78 is 5.80. The van der Waals surface area contributed by atoms with Gasteiger partial charge in [-0.05, 0) is 36.4 Å². The number of piperidine rings is 1. The molecule has 2 amide bonds. The minimum atomic E-state index is -0.290. The van der Waals surface area contributed by atoms with Crippen molar-refractivity contribution in [1.29, 1.82) is 0 Å². The first-order valence-corrected chi connectivity index (χ1v) is 9.32. The number of hydrogen-bond acceptors (Lipinski definition) is 5. The Labute approximate surface area is 149 Å². The molecule has 0 saturated carbocycles. The number of carbonyl (C=O) groups is 2. The Bertz CT molecular complexity index is 750. The first-order chi connectivity index (χ1) is 12.2. The second-order valence-electron chi connectivity index (χ2n) is 6.40. The molecule has 0 aliphatic carbocycles. The number of thiophene rings is 1. The number of carbonyl (C=O) groups excluding carboxylic acids is 2. The van der Waals surface area contributed by atoms with E-state index >= 15 is 0 Å². The second kappa shape index (κ2) is 6.93. The van der Waals surface area contributed by atoms with Gasteiger partial charge >= 0.3 is 0 Å². The van der Waals surface area contributed by atoms with Gasteiger partial charge in [-0.3, -0.25) is 14.6 Å². The van der Waals surface area contributed by atoms with Crippen LogP contribution in [0.5, 0.6) is 0 Å². The Kier molecular flexibility index (Phi) is 4.50. The summed E-state index contributed by atoms with van der Waals surface area (Å²) in [4.78, 5) is 31.4. The van der Waals surface area contributed by atoms with Crippen LogP contribution in [0.4, 0.5) is 5.69 Å². The standard InChI is InChI=1S/C18H19N3O3S/c22-17(20-14-2-1-5-19-9-14)13-8-16-15(3-6-24-16)21(10-13)18(23)12-4-7-25-11-12/h1-2,4-5,7,9,11,13,15-16H,3,6,8,10H2,(H,20,22)/t13-,15+,16+/m0/s1. The Hall–Kier alpha value is -2.25. The third kappa shape index (κ3) is 3.29. The van der Waals surface area contributed by atoms with E-state index in [1.165, 1.54) is 11.3 Å². The van der Waals surface area contributed by atoms with E-state index in [0.717, 1.165) is 6.42 Å². The van der Waals surface area contributed by atoms with Gasteiger partial charge in [0.15, 0.2) is 0 Å². The van der Waals surface area contributed by atoms with Crippen molar-refractivity contribution in [3.63, 3.8) is 0 Å². The monoisotopic (exact) mass is 357 g/mol. The molecule has 0 aromatic carbocycles. The smallest absolute Gasteiger partial charge is 0.255 e. The van der Waals surface area contributed by atoms with Crippen LogP contribution in [-0.4, -0.2) is 47.0 Å². The summed E-state index contributed by atoms with van der Waals surface area (Å²) >= 11 is 1.50. The molecule has 2 fully saturated rings. The molecule has 0 unspecified atom stereocenters. The summed E-state index contributed by atoms with van der Waals surface area (Å²) in [6.45, 7) is 1.06. The number of ether oxygens (including phenoxy) is 1. The maximum absolute atomic E-state index is 12.9. The molecular formula is C18H19N3O3S. The molecule has 3 atom stereocenters. The van der Waals surface area contributed by atoms with Crippen LogP contribution < -0.4 is 5.32 Å². The maximum Gasteiger partial charge on any atom is 0.255 e. The van der Waals surface area contributed by atoms with Crippen molar-refractivity contribution in [2.75, 3.05) is 18.5 Å². The number of amides is 2. The highest BCUT2D eigenvalue weighted by Gasteiger charge is 2.44. The number of rotatable bonds is 3. The second-order valence-corrected chi connectivity index (χ2v) is 7.18. The van der Waals surface area contributed by atoms with Crippen LogP contribution >= 0.6 is 11.3 Å². The number of fused-ring (bicyclic) bond motifs is 1. The van der Waals surface area contributed by atoms with Crippen LogP contribution in [0.25, 0.3) is 0 Å². The molecule has 0 spiro atoms. The van der Waals surface area contributed by atoms with Crippen molar-refractivity contribution >= 4 is 28.8 Å². The zero-order chi connectivity index (χ0) is 17.2. The molecule has 2 aliphatic heterocycles. The number of aromatic nitrogens is 1. The van der Waals surface area contributed by atoms with E-state index in [0.29, 0.717) is 30.8 Å². The molecule has 4 heterocycles. The zero-order valence-corrected chi connectivity index (χ0v) is 14.4. The average molecular weight is 357 g/mol. The van der Waals surface area contributed by atoms with Crippen molar-refractivity contribution in [3.8, 4) is 0 Å². The van der Waals surface area contributed by atoms with E-state index in [-0.39, 0.29) is 29.9 Å². The predicted molar refractivity (Wildman–Crippen MR) is 94.5 cm³/mol. The summed E-state index contributed by atoms with van der Waals surface area (Å²) in [6, 6.07) is 5.47. The molecule has 6 nitrogen and oxygen atoms in total. The fraction of sp³-hybridized carbons (Fsp3) is 0.389. The Morgan fingerprint density at radius 3 is 3.04 bits per heavy atom. The molecule has 7 heteroatoms. The van der Waals surface area contributed by atoms with E-state index in [9.17, 15) is 9.59 Å². The lowest BCUT2D eigenvalue weighted by atomic mass is 9.89. The van der Waals surface area contributed by atoms with E-state index in [1.807, 2.05) is 21.7 Å². The van der Waals surface area contributed by atoms with Gasteiger partial charge in [0.05, 0.1) is 35.5 Å². The lowest BCUT2D eigenvalue weighted by molar-refractivity contribution is -0.123. The summed E-state index contributed by atoms with van der Waals surface area (Å²) in [5.41, 5.74) is 1.35. The number of nitrogens with one attached hydrogen (secondary N) is 1. The SMILES string of the molecule is O=C(Nc1cccnc1)[C@H]1C[C@H]2OCC[C@H]2N(C(=O)c2ccsc2)C1. The van der Waals surface area contributed by atoms with Crippen LogP contribution in [0.2, 0.25) is 0 Å². The van der Waals surface area contributed by atoms with Gasteiger partial charge in [-0.1, -0.05) is 0 Å². The first kappa shape index (κ1) is 16.2. The first-order valence-electron chi connectivity index (χ1n) is 8.38. The van der Waals surface area contributed by atoms with Crippen LogP contribution in [0.3, 0.4) is 0 Å². The van der Waals surface area contributed by atoms with E-state index < -0.39 is 0 Å². The fourth-order valence-electron chi connectivity index (χ4n) is 3.60. The lowest BCUT2D eigenvalue weighted by Crippen LogP contribution is -2.54. The number of anilines is 1. The summed E-state index contributed by atoms with van der Waals surface area (Å²) in [7, 11) is 0. The highest BCUT2D eigenvalue weighted by Crippen LogP contribution is 2.33. The molecule has 130 valence electrons. The van der Waals surface area contributed by atoms with E-state index in [2.05, 4.69) is 10.3 Å². The molecule has 0 radical (unpaired) electrons. The molecular weight excluding hydrogens is 338 g/mol. The van der Waals surface area contributed by atoms with Crippen molar-refractivity contribution < 1.29 is 14.3 Å². The van der Waals surface area contributed by atoms with Crippen LogP contribution in [0.15, 0.2) is 41.4 Å². The zero-order valence-electron chi connectivity index (χ0n) is 13.6. The topological polar surface area (TPSA) is 71.5 Å². The third-order valence-electron chi connectivity index (χ3n) is 4.84. The minimum Gasteiger partial charge on any atom is -0.376 e. The molecule has 25 heavy (non-hydrogen) atoms. The minimum absolute atomic E-state index is 0.0133. The van der Waals surface area contributed by atoms with Gasteiger partial charge in [0.1, 0.15) is 0 Å². The van der Waals surface area contributed by atoms with E-state index in [1.54, 1.807) is 24.5 Å². The van der Waals surface area contributed by atoms with Gasteiger partial charge in [-0.25, -0.2) is 0 Å². The van der Waals surface area contributed by atoms with Crippen molar-refractivity contribution in [2.24, 2.45) is 5.92 Å². The molecule has 1 N–H and O–H groups in total. The third-order valence-corrected chi connectivity index (χ3v) is 5.52. The van der Waals surface area contributed by atoms with E-state index in [4.69, 9.17) is 4.74 Å². The highest BCUT2D eigenvalue weighted by atomic mass is 32.1. The Morgan fingerprint density at radius 2 is 2.28 bits per heavy atom. The summed E-state index contributed by atoms with van der Waals surface area (Å²) in [6.07, 6.45) is 4.68. The number of hydrogen-bond donors (Lipinski definition) is 1. The van der Waals surface area contributed by atoms with Crippen LogP contribution in [-0.2, 0) is 9.53 Å². The molecule has 2 aliphatic rings. The van der Waals surface area contributed by atoms with Crippen molar-refractivity contribution in [2.45, 2.75) is 25.0 Å². The van der Waals surface area contributed by atoms with Gasteiger partial charge in [-0.15, -0.1) is 0 Å². The van der Waals surface area contributed by atoms with Gasteiger partial charge < -0.3 is 15.0 Å². The lowest BCUT2D eigenvalue weighted by Gasteiger charge is -2.40. The highest BCUT2D eigenvalue weighted by molar-refractivity contribution is 7.08. The van der Waals surface area contributed by atoms with Gasteiger partial charge in [0.2, 0.25) is 5.91 Å².